The van der Waals surface area contributed by atoms with E-state index in [1.807, 2.05) is 19.9 Å². The van der Waals surface area contributed by atoms with E-state index in [0.717, 1.165) is 5.56 Å². The highest BCUT2D eigenvalue weighted by Crippen LogP contribution is 2.33. The lowest BCUT2D eigenvalue weighted by molar-refractivity contribution is 0.337. The monoisotopic (exact) mass is 274 g/mol. The number of pyridine rings is 1. The predicted octanol–water partition coefficient (Wildman–Crippen LogP) is 3.23. The Morgan fingerprint density at radius 3 is 2.65 bits per heavy atom. The third-order valence-corrected chi connectivity index (χ3v) is 3.45. The van der Waals surface area contributed by atoms with Gasteiger partial charge in [-0.05, 0) is 31.0 Å². The van der Waals surface area contributed by atoms with Gasteiger partial charge in [0.25, 0.3) is 0 Å². The Labute approximate surface area is 118 Å². The van der Waals surface area contributed by atoms with Crippen LogP contribution < -0.4 is 10.5 Å². The number of halogens is 1. The molecule has 0 aliphatic heterocycles. The molecule has 2 aromatic rings. The van der Waals surface area contributed by atoms with E-state index in [-0.39, 0.29) is 5.82 Å². The Bertz CT molecular complexity index is 588. The van der Waals surface area contributed by atoms with Gasteiger partial charge in [0.2, 0.25) is 0 Å². The standard InChI is InChI=1S/C16H19FN2O/c1-3-16(18,14-7-5-6-8-15(14)17)12-9-13(20-4-2)11-19-10-12/h5-11H,3-4,18H2,1-2H3. The van der Waals surface area contributed by atoms with Gasteiger partial charge in [-0.2, -0.15) is 0 Å². The summed E-state index contributed by atoms with van der Waals surface area (Å²) in [6.07, 6.45) is 3.86. The molecule has 1 atom stereocenters. The van der Waals surface area contributed by atoms with Gasteiger partial charge in [-0.25, -0.2) is 4.39 Å². The van der Waals surface area contributed by atoms with Gasteiger partial charge in [-0.15, -0.1) is 0 Å². The number of nitrogens with two attached hydrogens (primary N) is 1. The molecule has 20 heavy (non-hydrogen) atoms. The molecule has 4 heteroatoms. The van der Waals surface area contributed by atoms with Crippen LogP contribution >= 0.6 is 0 Å². The first-order chi connectivity index (χ1) is 9.61. The summed E-state index contributed by atoms with van der Waals surface area (Å²) >= 11 is 0. The summed E-state index contributed by atoms with van der Waals surface area (Å²) in [5.41, 5.74) is 6.78. The van der Waals surface area contributed by atoms with Gasteiger partial charge < -0.3 is 10.5 Å². The summed E-state index contributed by atoms with van der Waals surface area (Å²) in [6.45, 7) is 4.38. The van der Waals surface area contributed by atoms with Gasteiger partial charge in [0.1, 0.15) is 11.6 Å². The van der Waals surface area contributed by atoms with E-state index in [1.165, 1.54) is 6.07 Å². The number of aromatic nitrogens is 1. The van der Waals surface area contributed by atoms with Crippen molar-refractivity contribution >= 4 is 0 Å². The molecule has 0 radical (unpaired) electrons. The van der Waals surface area contributed by atoms with Crippen molar-refractivity contribution in [2.24, 2.45) is 5.73 Å². The van der Waals surface area contributed by atoms with E-state index in [2.05, 4.69) is 4.98 Å². The van der Waals surface area contributed by atoms with Crippen LogP contribution in [-0.4, -0.2) is 11.6 Å². The van der Waals surface area contributed by atoms with Crippen molar-refractivity contribution in [3.63, 3.8) is 0 Å². The highest BCUT2D eigenvalue weighted by atomic mass is 19.1. The lowest BCUT2D eigenvalue weighted by atomic mass is 9.82. The molecular weight excluding hydrogens is 255 g/mol. The summed E-state index contributed by atoms with van der Waals surface area (Å²) in [4.78, 5) is 4.15. The van der Waals surface area contributed by atoms with E-state index in [4.69, 9.17) is 10.5 Å². The van der Waals surface area contributed by atoms with Crippen molar-refractivity contribution < 1.29 is 9.13 Å². The van der Waals surface area contributed by atoms with Gasteiger partial charge >= 0.3 is 0 Å². The molecule has 2 rings (SSSR count). The van der Waals surface area contributed by atoms with Crippen molar-refractivity contribution in [3.8, 4) is 5.75 Å². The van der Waals surface area contributed by atoms with Crippen molar-refractivity contribution in [2.75, 3.05) is 6.61 Å². The first-order valence-corrected chi connectivity index (χ1v) is 6.74. The molecule has 106 valence electrons. The molecule has 0 aliphatic carbocycles. The van der Waals surface area contributed by atoms with Crippen LogP contribution in [0.15, 0.2) is 42.7 Å². The van der Waals surface area contributed by atoms with Gasteiger partial charge in [0, 0.05) is 11.8 Å². The zero-order chi connectivity index (χ0) is 14.6. The molecule has 0 saturated heterocycles. The van der Waals surface area contributed by atoms with Crippen LogP contribution in [0.5, 0.6) is 5.75 Å². The zero-order valence-electron chi connectivity index (χ0n) is 11.8. The van der Waals surface area contributed by atoms with Gasteiger partial charge in [0.05, 0.1) is 18.3 Å². The quantitative estimate of drug-likeness (QED) is 0.910. The first kappa shape index (κ1) is 14.5. The van der Waals surface area contributed by atoms with E-state index in [9.17, 15) is 4.39 Å². The third kappa shape index (κ3) is 2.65. The SMILES string of the molecule is CCOc1cncc(C(N)(CC)c2ccccc2F)c1. The molecule has 0 spiro atoms. The molecule has 0 fully saturated rings. The van der Waals surface area contributed by atoms with Crippen LogP contribution in [0.1, 0.15) is 31.4 Å². The lowest BCUT2D eigenvalue weighted by Gasteiger charge is -2.29. The topological polar surface area (TPSA) is 48.1 Å². The second-order valence-electron chi connectivity index (χ2n) is 4.65. The Hall–Kier alpha value is -1.94. The summed E-state index contributed by atoms with van der Waals surface area (Å²) in [5, 5.41) is 0. The van der Waals surface area contributed by atoms with Crippen molar-refractivity contribution in [1.82, 2.24) is 4.98 Å². The molecule has 1 unspecified atom stereocenters. The minimum Gasteiger partial charge on any atom is -0.492 e. The Morgan fingerprint density at radius 1 is 1.25 bits per heavy atom. The molecule has 0 bridgehead atoms. The Kier molecular flexibility index (Phi) is 4.35. The van der Waals surface area contributed by atoms with Crippen LogP contribution in [0.2, 0.25) is 0 Å². The smallest absolute Gasteiger partial charge is 0.137 e. The molecule has 2 N–H and O–H groups in total. The average Bonchev–Trinajstić information content (AvgIpc) is 2.47. The van der Waals surface area contributed by atoms with E-state index in [0.29, 0.717) is 24.3 Å². The molecule has 0 aliphatic rings. The summed E-state index contributed by atoms with van der Waals surface area (Å²) in [7, 11) is 0. The second-order valence-corrected chi connectivity index (χ2v) is 4.65. The summed E-state index contributed by atoms with van der Waals surface area (Å²) < 4.78 is 19.5. The van der Waals surface area contributed by atoms with Gasteiger partial charge in [-0.1, -0.05) is 25.1 Å². The number of rotatable bonds is 5. The Morgan fingerprint density at radius 2 is 2.00 bits per heavy atom. The van der Waals surface area contributed by atoms with E-state index < -0.39 is 5.54 Å². The third-order valence-electron chi connectivity index (χ3n) is 3.45. The van der Waals surface area contributed by atoms with Crippen LogP contribution in [0.4, 0.5) is 4.39 Å². The van der Waals surface area contributed by atoms with Crippen LogP contribution in [0.3, 0.4) is 0 Å². The second kappa shape index (κ2) is 6.01. The highest BCUT2D eigenvalue weighted by Gasteiger charge is 2.31. The van der Waals surface area contributed by atoms with Gasteiger partial charge in [-0.3, -0.25) is 4.98 Å². The van der Waals surface area contributed by atoms with Crippen LogP contribution in [0, 0.1) is 5.82 Å². The molecule has 0 amide bonds. The molecule has 3 nitrogen and oxygen atoms in total. The first-order valence-electron chi connectivity index (χ1n) is 6.74. The van der Waals surface area contributed by atoms with Crippen LogP contribution in [0.25, 0.3) is 0 Å². The normalized spacial score (nSPS) is 13.8. The van der Waals surface area contributed by atoms with E-state index in [1.54, 1.807) is 30.6 Å². The molecule has 1 aromatic carbocycles. The van der Waals surface area contributed by atoms with Crippen molar-refractivity contribution in [2.45, 2.75) is 25.8 Å². The maximum atomic E-state index is 14.1. The molecular formula is C16H19FN2O. The Balaban J connectivity index is 2.50. The number of hydrogen-bond acceptors (Lipinski definition) is 3. The van der Waals surface area contributed by atoms with Crippen molar-refractivity contribution in [1.29, 1.82) is 0 Å². The maximum absolute atomic E-state index is 14.1. The number of benzene rings is 1. The summed E-state index contributed by atoms with van der Waals surface area (Å²) in [5.74, 6) is 0.336. The largest absolute Gasteiger partial charge is 0.492 e. The van der Waals surface area contributed by atoms with Crippen LogP contribution in [-0.2, 0) is 5.54 Å². The number of nitrogens with zero attached hydrogens (tertiary/aromatic N) is 1. The molecule has 0 saturated carbocycles. The fraction of sp³-hybridized carbons (Fsp3) is 0.312. The fourth-order valence-electron chi connectivity index (χ4n) is 2.28. The minimum atomic E-state index is -0.911. The maximum Gasteiger partial charge on any atom is 0.137 e. The average molecular weight is 274 g/mol. The van der Waals surface area contributed by atoms with E-state index >= 15 is 0 Å². The number of ether oxygens (including phenoxy) is 1. The zero-order valence-corrected chi connectivity index (χ0v) is 11.8. The molecule has 1 heterocycles. The highest BCUT2D eigenvalue weighted by molar-refractivity contribution is 5.40. The number of hydrogen-bond donors (Lipinski definition) is 1. The minimum absolute atomic E-state index is 0.307. The lowest BCUT2D eigenvalue weighted by Crippen LogP contribution is -2.38. The summed E-state index contributed by atoms with van der Waals surface area (Å²) in [6, 6.07) is 8.41. The van der Waals surface area contributed by atoms with Gasteiger partial charge in [0.15, 0.2) is 0 Å². The fourth-order valence-corrected chi connectivity index (χ4v) is 2.28. The van der Waals surface area contributed by atoms with Crippen molar-refractivity contribution in [3.05, 3.63) is 59.7 Å². The predicted molar refractivity (Wildman–Crippen MR) is 77.1 cm³/mol. The molecule has 1 aromatic heterocycles.